The van der Waals surface area contributed by atoms with Crippen molar-refractivity contribution in [2.75, 3.05) is 0 Å². The molecule has 0 bridgehead atoms. The fraction of sp³-hybridized carbons (Fsp3) is 0.375. The van der Waals surface area contributed by atoms with Gasteiger partial charge in [-0.3, -0.25) is 4.79 Å². The zero-order chi connectivity index (χ0) is 13.9. The lowest BCUT2D eigenvalue weighted by Gasteiger charge is -2.11. The van der Waals surface area contributed by atoms with Crippen LogP contribution in [-0.2, 0) is 0 Å². The summed E-state index contributed by atoms with van der Waals surface area (Å²) in [5.41, 5.74) is 5.31. The fourth-order valence-corrected chi connectivity index (χ4v) is 2.64. The largest absolute Gasteiger partial charge is 0.451 e. The molecule has 1 aromatic carbocycles. The molecule has 3 rings (SSSR count). The van der Waals surface area contributed by atoms with Gasteiger partial charge in [-0.05, 0) is 38.7 Å². The first-order chi connectivity index (χ1) is 9.75. The number of furan rings is 1. The predicted molar refractivity (Wildman–Crippen MR) is 78.9 cm³/mol. The summed E-state index contributed by atoms with van der Waals surface area (Å²) in [6, 6.07) is 7.66. The molecule has 0 saturated heterocycles. The van der Waals surface area contributed by atoms with Crippen LogP contribution in [0, 0.1) is 6.92 Å². The number of carbonyl (C=O) groups excluding carboxylic acids is 1. The third kappa shape index (κ3) is 2.46. The van der Waals surface area contributed by atoms with Crippen LogP contribution in [0.15, 0.2) is 33.8 Å². The van der Waals surface area contributed by atoms with Crippen molar-refractivity contribution in [3.8, 4) is 0 Å². The molecule has 4 nitrogen and oxygen atoms in total. The number of aryl methyl sites for hydroxylation is 1. The Morgan fingerprint density at radius 1 is 1.20 bits per heavy atom. The topological polar surface area (TPSA) is 54.6 Å². The Bertz CT molecular complexity index is 662. The van der Waals surface area contributed by atoms with Gasteiger partial charge >= 0.3 is 5.91 Å². The highest BCUT2D eigenvalue weighted by Gasteiger charge is 2.17. The van der Waals surface area contributed by atoms with Gasteiger partial charge < -0.3 is 4.42 Å². The van der Waals surface area contributed by atoms with Crippen LogP contribution in [-0.4, -0.2) is 11.6 Å². The Balaban J connectivity index is 1.80. The number of hydrogen-bond donors (Lipinski definition) is 1. The molecule has 0 atom stereocenters. The fourth-order valence-electron chi connectivity index (χ4n) is 2.64. The van der Waals surface area contributed by atoms with Crippen LogP contribution in [0.25, 0.3) is 11.0 Å². The van der Waals surface area contributed by atoms with E-state index in [1.807, 2.05) is 31.2 Å². The normalized spacial score (nSPS) is 15.3. The zero-order valence-corrected chi connectivity index (χ0v) is 11.6. The van der Waals surface area contributed by atoms with E-state index in [2.05, 4.69) is 10.5 Å². The number of rotatable bonds is 2. The van der Waals surface area contributed by atoms with Gasteiger partial charge in [0.1, 0.15) is 5.58 Å². The van der Waals surface area contributed by atoms with E-state index >= 15 is 0 Å². The molecule has 1 aliphatic rings. The minimum absolute atomic E-state index is 0.267. The van der Waals surface area contributed by atoms with Gasteiger partial charge in [0.25, 0.3) is 0 Å². The van der Waals surface area contributed by atoms with E-state index in [0.29, 0.717) is 5.76 Å². The summed E-state index contributed by atoms with van der Waals surface area (Å²) in [4.78, 5) is 12.2. The summed E-state index contributed by atoms with van der Waals surface area (Å²) in [5.74, 6) is 0.0862. The van der Waals surface area contributed by atoms with Crippen LogP contribution in [0.1, 0.15) is 48.2 Å². The van der Waals surface area contributed by atoms with Crippen molar-refractivity contribution >= 4 is 22.6 Å². The van der Waals surface area contributed by atoms with Gasteiger partial charge in [-0.15, -0.1) is 0 Å². The summed E-state index contributed by atoms with van der Waals surface area (Å²) >= 11 is 0. The average Bonchev–Trinajstić information content (AvgIpc) is 2.84. The maximum atomic E-state index is 12.2. The van der Waals surface area contributed by atoms with Gasteiger partial charge in [0.15, 0.2) is 5.76 Å². The van der Waals surface area contributed by atoms with E-state index in [9.17, 15) is 4.79 Å². The Morgan fingerprint density at radius 2 is 1.95 bits per heavy atom. The van der Waals surface area contributed by atoms with Crippen LogP contribution in [0.4, 0.5) is 0 Å². The average molecular weight is 270 g/mol. The summed E-state index contributed by atoms with van der Waals surface area (Å²) in [6.45, 7) is 1.90. The molecule has 2 aromatic rings. The highest BCUT2D eigenvalue weighted by Crippen LogP contribution is 2.24. The van der Waals surface area contributed by atoms with Crippen LogP contribution >= 0.6 is 0 Å². The number of nitrogens with one attached hydrogen (secondary N) is 1. The number of carbonyl (C=O) groups is 1. The molecule has 1 aliphatic carbocycles. The molecular formula is C16H18N2O2. The van der Waals surface area contributed by atoms with E-state index < -0.39 is 0 Å². The number of para-hydroxylation sites is 1. The van der Waals surface area contributed by atoms with E-state index in [-0.39, 0.29) is 5.91 Å². The Kier molecular flexibility index (Phi) is 3.54. The van der Waals surface area contributed by atoms with Crippen molar-refractivity contribution in [3.05, 3.63) is 35.6 Å². The second-order valence-corrected chi connectivity index (χ2v) is 5.23. The van der Waals surface area contributed by atoms with Gasteiger partial charge in [-0.2, -0.15) is 5.10 Å². The Morgan fingerprint density at radius 3 is 2.70 bits per heavy atom. The van der Waals surface area contributed by atoms with Crippen molar-refractivity contribution in [2.45, 2.75) is 39.0 Å². The summed E-state index contributed by atoms with van der Waals surface area (Å²) in [5, 5.41) is 5.20. The van der Waals surface area contributed by atoms with Gasteiger partial charge in [-0.1, -0.05) is 24.6 Å². The maximum Gasteiger partial charge on any atom is 0.307 e. The molecule has 20 heavy (non-hydrogen) atoms. The number of fused-ring (bicyclic) bond motifs is 1. The first kappa shape index (κ1) is 12.9. The molecule has 1 aromatic heterocycles. The molecule has 1 heterocycles. The lowest BCUT2D eigenvalue weighted by molar-refractivity contribution is 0.0928. The number of hydrazone groups is 1. The molecular weight excluding hydrogens is 252 g/mol. The quantitative estimate of drug-likeness (QED) is 0.844. The van der Waals surface area contributed by atoms with Crippen molar-refractivity contribution in [2.24, 2.45) is 5.10 Å². The van der Waals surface area contributed by atoms with Crippen LogP contribution in [0.3, 0.4) is 0 Å². The molecule has 0 unspecified atom stereocenters. The third-order valence-electron chi connectivity index (χ3n) is 3.80. The summed E-state index contributed by atoms with van der Waals surface area (Å²) < 4.78 is 5.62. The van der Waals surface area contributed by atoms with Crippen LogP contribution in [0.5, 0.6) is 0 Å². The molecule has 1 fully saturated rings. The van der Waals surface area contributed by atoms with E-state index in [0.717, 1.165) is 35.1 Å². The third-order valence-corrected chi connectivity index (χ3v) is 3.80. The van der Waals surface area contributed by atoms with Crippen molar-refractivity contribution in [1.82, 2.24) is 5.43 Å². The number of hydrogen-bond acceptors (Lipinski definition) is 3. The predicted octanol–water partition coefficient (Wildman–Crippen LogP) is 3.79. The Hall–Kier alpha value is -2.10. The van der Waals surface area contributed by atoms with E-state index in [4.69, 9.17) is 4.42 Å². The molecule has 0 spiro atoms. The maximum absolute atomic E-state index is 12.2. The lowest BCUT2D eigenvalue weighted by atomic mass is 9.99. The van der Waals surface area contributed by atoms with Gasteiger partial charge in [0.05, 0.1) is 0 Å². The highest BCUT2D eigenvalue weighted by molar-refractivity contribution is 5.99. The molecule has 104 valence electrons. The smallest absolute Gasteiger partial charge is 0.307 e. The van der Waals surface area contributed by atoms with Crippen LogP contribution in [0.2, 0.25) is 0 Å². The van der Waals surface area contributed by atoms with E-state index in [1.54, 1.807) is 0 Å². The molecule has 1 saturated carbocycles. The number of nitrogens with zero attached hydrogens (tertiary/aromatic N) is 1. The second-order valence-electron chi connectivity index (χ2n) is 5.23. The number of benzene rings is 1. The summed E-state index contributed by atoms with van der Waals surface area (Å²) in [6.07, 6.45) is 5.56. The molecule has 4 heteroatoms. The first-order valence-corrected chi connectivity index (χ1v) is 7.09. The molecule has 0 aliphatic heterocycles. The zero-order valence-electron chi connectivity index (χ0n) is 11.6. The highest BCUT2D eigenvalue weighted by atomic mass is 16.3. The standard InChI is InChI=1S/C16H18N2O2/c1-11-13-9-5-6-10-14(13)20-15(11)16(19)18-17-12-7-3-2-4-8-12/h5-6,9-10H,2-4,7-8H2,1H3,(H,18,19). The number of amides is 1. The second kappa shape index (κ2) is 5.49. The van der Waals surface area contributed by atoms with Crippen molar-refractivity contribution in [3.63, 3.8) is 0 Å². The first-order valence-electron chi connectivity index (χ1n) is 7.09. The molecule has 1 N–H and O–H groups in total. The monoisotopic (exact) mass is 270 g/mol. The van der Waals surface area contributed by atoms with E-state index in [1.165, 1.54) is 19.3 Å². The molecule has 1 amide bonds. The summed E-state index contributed by atoms with van der Waals surface area (Å²) in [7, 11) is 0. The minimum atomic E-state index is -0.267. The van der Waals surface area contributed by atoms with Gasteiger partial charge in [-0.25, -0.2) is 5.43 Å². The SMILES string of the molecule is Cc1c(C(=O)NN=C2CCCCC2)oc2ccccc12. The van der Waals surface area contributed by atoms with Crippen molar-refractivity contribution in [1.29, 1.82) is 0 Å². The van der Waals surface area contributed by atoms with Gasteiger partial charge in [0.2, 0.25) is 0 Å². The van der Waals surface area contributed by atoms with Crippen LogP contribution < -0.4 is 5.43 Å². The minimum Gasteiger partial charge on any atom is -0.451 e. The Labute approximate surface area is 117 Å². The van der Waals surface area contributed by atoms with Gasteiger partial charge in [0, 0.05) is 16.7 Å². The lowest BCUT2D eigenvalue weighted by Crippen LogP contribution is -2.20. The molecule has 0 radical (unpaired) electrons. The van der Waals surface area contributed by atoms with Crippen molar-refractivity contribution < 1.29 is 9.21 Å².